The Labute approximate surface area is 213 Å². The number of nitrogens with two attached hydrogens (primary N) is 1. The van der Waals surface area contributed by atoms with Crippen molar-refractivity contribution in [2.45, 2.75) is 6.54 Å². The van der Waals surface area contributed by atoms with Crippen LogP contribution in [0.15, 0.2) is 73.2 Å². The number of fused-ring (bicyclic) bond motifs is 1. The number of anilines is 2. The van der Waals surface area contributed by atoms with E-state index in [1.165, 1.54) is 11.8 Å². The lowest BCUT2D eigenvalue weighted by atomic mass is 10.1. The quantitative estimate of drug-likeness (QED) is 0.397. The molecule has 4 aromatic heterocycles. The van der Waals surface area contributed by atoms with Crippen molar-refractivity contribution in [3.63, 3.8) is 0 Å². The minimum absolute atomic E-state index is 0.431. The Balaban J connectivity index is 1.21. The summed E-state index contributed by atoms with van der Waals surface area (Å²) in [5, 5.41) is 17.3. The summed E-state index contributed by atoms with van der Waals surface area (Å²) in [4.78, 5) is 18.3. The monoisotopic (exact) mass is 488 g/mol. The number of nitrogen functional groups attached to an aromatic ring is 1. The molecule has 182 valence electrons. The van der Waals surface area contributed by atoms with E-state index in [-0.39, 0.29) is 0 Å². The maximum Gasteiger partial charge on any atom is 0.164 e. The Morgan fingerprint density at radius 2 is 1.73 bits per heavy atom. The van der Waals surface area contributed by atoms with Crippen molar-refractivity contribution in [1.82, 2.24) is 34.6 Å². The fourth-order valence-electron chi connectivity index (χ4n) is 4.66. The van der Waals surface area contributed by atoms with Gasteiger partial charge in [0.05, 0.1) is 17.3 Å². The zero-order chi connectivity index (χ0) is 25.2. The summed E-state index contributed by atoms with van der Waals surface area (Å²) < 4.78 is 2.03. The van der Waals surface area contributed by atoms with Crippen LogP contribution in [0, 0.1) is 11.3 Å². The van der Waals surface area contributed by atoms with E-state index in [0.29, 0.717) is 17.2 Å². The lowest BCUT2D eigenvalue weighted by Gasteiger charge is -2.35. The number of rotatable bonds is 5. The maximum atomic E-state index is 9.12. The fraction of sp³-hybridized carbons (Fsp3) is 0.185. The lowest BCUT2D eigenvalue weighted by Crippen LogP contribution is -2.46. The predicted octanol–water partition coefficient (Wildman–Crippen LogP) is 3.05. The van der Waals surface area contributed by atoms with Crippen molar-refractivity contribution in [2.75, 3.05) is 36.8 Å². The molecule has 1 aliphatic heterocycles. The van der Waals surface area contributed by atoms with Gasteiger partial charge in [-0.25, -0.2) is 15.0 Å². The number of hydrogen-bond acceptors (Lipinski definition) is 9. The van der Waals surface area contributed by atoms with E-state index < -0.39 is 0 Å². The van der Waals surface area contributed by atoms with Gasteiger partial charge in [-0.3, -0.25) is 9.47 Å². The summed E-state index contributed by atoms with van der Waals surface area (Å²) in [5.41, 5.74) is 11.3. The van der Waals surface area contributed by atoms with Crippen LogP contribution in [0.4, 0.5) is 11.6 Å². The molecule has 1 aromatic carbocycles. The highest BCUT2D eigenvalue weighted by Crippen LogP contribution is 2.30. The van der Waals surface area contributed by atoms with Crippen LogP contribution in [-0.2, 0) is 6.54 Å². The second-order valence-electron chi connectivity index (χ2n) is 8.90. The lowest BCUT2D eigenvalue weighted by molar-refractivity contribution is 0.249. The highest BCUT2D eigenvalue weighted by atomic mass is 15.3. The molecule has 0 radical (unpaired) electrons. The van der Waals surface area contributed by atoms with Crippen LogP contribution in [-0.4, -0.2) is 60.8 Å². The minimum atomic E-state index is 0.431. The highest BCUT2D eigenvalue weighted by molar-refractivity contribution is 5.82. The normalized spacial score (nSPS) is 14.1. The molecule has 0 spiro atoms. The maximum absolute atomic E-state index is 9.12. The van der Waals surface area contributed by atoms with E-state index in [1.807, 2.05) is 28.8 Å². The van der Waals surface area contributed by atoms with Crippen LogP contribution in [0.2, 0.25) is 0 Å². The van der Waals surface area contributed by atoms with Crippen LogP contribution in [0.25, 0.3) is 28.2 Å². The highest BCUT2D eigenvalue weighted by Gasteiger charge is 2.20. The van der Waals surface area contributed by atoms with Gasteiger partial charge < -0.3 is 10.6 Å². The number of pyridine rings is 2. The Morgan fingerprint density at radius 3 is 2.51 bits per heavy atom. The molecular weight excluding hydrogens is 464 g/mol. The van der Waals surface area contributed by atoms with Gasteiger partial charge in [-0.2, -0.15) is 10.4 Å². The van der Waals surface area contributed by atoms with Gasteiger partial charge in [0.1, 0.15) is 17.4 Å². The van der Waals surface area contributed by atoms with Gasteiger partial charge in [-0.05, 0) is 42.0 Å². The molecule has 5 aromatic rings. The molecule has 37 heavy (non-hydrogen) atoms. The van der Waals surface area contributed by atoms with Crippen LogP contribution >= 0.6 is 0 Å². The van der Waals surface area contributed by atoms with E-state index in [4.69, 9.17) is 16.0 Å². The SMILES string of the molecule is N#Cc1cnnc(N2CCN(Cc3ccc(-n4c(-c5cccnc5N)nc5cccnc54)cc3)CC2)c1. The molecule has 10 heteroatoms. The Morgan fingerprint density at radius 1 is 0.946 bits per heavy atom. The number of nitrogens with zero attached hydrogens (tertiary/aromatic N) is 9. The molecular formula is C27H24N10. The molecule has 1 saturated heterocycles. The van der Waals surface area contributed by atoms with Crippen molar-refractivity contribution in [2.24, 2.45) is 0 Å². The predicted molar refractivity (Wildman–Crippen MR) is 141 cm³/mol. The fourth-order valence-corrected chi connectivity index (χ4v) is 4.66. The number of aromatic nitrogens is 6. The van der Waals surface area contributed by atoms with Crippen molar-refractivity contribution in [1.29, 1.82) is 5.26 Å². The molecule has 0 aliphatic carbocycles. The minimum Gasteiger partial charge on any atom is -0.383 e. The molecule has 2 N–H and O–H groups in total. The van der Waals surface area contributed by atoms with Gasteiger partial charge in [0.15, 0.2) is 17.3 Å². The molecule has 0 bridgehead atoms. The molecule has 6 rings (SSSR count). The first-order valence-corrected chi connectivity index (χ1v) is 12.0. The summed E-state index contributed by atoms with van der Waals surface area (Å²) in [6, 6.07) is 20.0. The number of imidazole rings is 1. The first-order valence-electron chi connectivity index (χ1n) is 12.0. The largest absolute Gasteiger partial charge is 0.383 e. The standard InChI is InChI=1S/C27H24N10/c28-16-20-15-24(34-32-17-20)36-13-11-35(12-14-36)18-19-5-7-21(8-6-19)37-26(22-3-1-9-30-25(22)29)33-23-4-2-10-31-27(23)37/h1-10,15,17H,11-14,18H2,(H2,29,30). The summed E-state index contributed by atoms with van der Waals surface area (Å²) >= 11 is 0. The third kappa shape index (κ3) is 4.44. The molecule has 0 atom stereocenters. The first kappa shape index (κ1) is 22.6. The summed E-state index contributed by atoms with van der Waals surface area (Å²) in [7, 11) is 0. The third-order valence-corrected chi connectivity index (χ3v) is 6.56. The van der Waals surface area contributed by atoms with E-state index in [2.05, 4.69) is 60.3 Å². The zero-order valence-electron chi connectivity index (χ0n) is 20.1. The van der Waals surface area contributed by atoms with Gasteiger partial charge in [0, 0.05) is 56.9 Å². The Hall–Kier alpha value is -4.88. The van der Waals surface area contributed by atoms with Crippen molar-refractivity contribution >= 4 is 22.8 Å². The molecule has 0 saturated carbocycles. The zero-order valence-corrected chi connectivity index (χ0v) is 20.1. The second-order valence-corrected chi connectivity index (χ2v) is 8.90. The molecule has 1 aliphatic rings. The van der Waals surface area contributed by atoms with Crippen LogP contribution in [0.1, 0.15) is 11.1 Å². The Bertz CT molecular complexity index is 1590. The molecule has 5 heterocycles. The van der Waals surface area contributed by atoms with Gasteiger partial charge >= 0.3 is 0 Å². The molecule has 0 unspecified atom stereocenters. The Kier molecular flexibility index (Phi) is 5.88. The molecule has 1 fully saturated rings. The first-order chi connectivity index (χ1) is 18.2. The summed E-state index contributed by atoms with van der Waals surface area (Å²) in [6.07, 6.45) is 4.93. The average Bonchev–Trinajstić information content (AvgIpc) is 3.33. The van der Waals surface area contributed by atoms with Gasteiger partial charge in [-0.1, -0.05) is 12.1 Å². The third-order valence-electron chi connectivity index (χ3n) is 6.56. The van der Waals surface area contributed by atoms with Gasteiger partial charge in [0.25, 0.3) is 0 Å². The van der Waals surface area contributed by atoms with Crippen LogP contribution in [0.3, 0.4) is 0 Å². The van der Waals surface area contributed by atoms with E-state index in [9.17, 15) is 0 Å². The second kappa shape index (κ2) is 9.64. The summed E-state index contributed by atoms with van der Waals surface area (Å²) in [6.45, 7) is 4.33. The number of benzene rings is 1. The van der Waals surface area contributed by atoms with E-state index in [1.54, 1.807) is 18.5 Å². The molecule has 10 nitrogen and oxygen atoms in total. The number of hydrogen-bond donors (Lipinski definition) is 1. The van der Waals surface area contributed by atoms with Gasteiger partial charge in [-0.15, -0.1) is 5.10 Å². The van der Waals surface area contributed by atoms with Crippen LogP contribution < -0.4 is 10.6 Å². The van der Waals surface area contributed by atoms with E-state index in [0.717, 1.165) is 61.0 Å². The topological polar surface area (TPSA) is 126 Å². The van der Waals surface area contributed by atoms with Gasteiger partial charge in [0.2, 0.25) is 0 Å². The van der Waals surface area contributed by atoms with Crippen molar-refractivity contribution < 1.29 is 0 Å². The summed E-state index contributed by atoms with van der Waals surface area (Å²) in [5.74, 6) is 1.90. The van der Waals surface area contributed by atoms with Crippen LogP contribution in [0.5, 0.6) is 0 Å². The smallest absolute Gasteiger partial charge is 0.164 e. The van der Waals surface area contributed by atoms with Crippen molar-refractivity contribution in [3.05, 3.63) is 84.3 Å². The van der Waals surface area contributed by atoms with Crippen molar-refractivity contribution in [3.8, 4) is 23.1 Å². The van der Waals surface area contributed by atoms with E-state index >= 15 is 0 Å². The molecule has 0 amide bonds. The number of nitriles is 1. The average molecular weight is 489 g/mol. The number of piperazine rings is 1.